The summed E-state index contributed by atoms with van der Waals surface area (Å²) in [6.45, 7) is 0.542. The number of amides is 1. The number of alkyl halides is 1. The molecular formula is C15H12Br2INO. The Morgan fingerprint density at radius 3 is 2.60 bits per heavy atom. The zero-order valence-corrected chi connectivity index (χ0v) is 15.8. The van der Waals surface area contributed by atoms with Crippen LogP contribution in [0.4, 0.5) is 0 Å². The SMILES string of the molecule is O=C(NCC(Br)c1ccccc1)c1cc(I)ccc1Br. The molecule has 0 heterocycles. The van der Waals surface area contributed by atoms with Crippen LogP contribution in [0.25, 0.3) is 0 Å². The second kappa shape index (κ2) is 7.56. The summed E-state index contributed by atoms with van der Waals surface area (Å²) in [7, 11) is 0. The first kappa shape index (κ1) is 16.0. The zero-order chi connectivity index (χ0) is 14.5. The number of carbonyl (C=O) groups is 1. The Bertz CT molecular complexity index is 604. The van der Waals surface area contributed by atoms with Gasteiger partial charge in [0.2, 0.25) is 0 Å². The topological polar surface area (TPSA) is 29.1 Å². The average Bonchev–Trinajstić information content (AvgIpc) is 2.47. The number of halogens is 3. The van der Waals surface area contributed by atoms with E-state index in [2.05, 4.69) is 59.8 Å². The molecule has 0 spiro atoms. The summed E-state index contributed by atoms with van der Waals surface area (Å²) < 4.78 is 1.84. The van der Waals surface area contributed by atoms with Crippen molar-refractivity contribution >= 4 is 60.4 Å². The number of hydrogen-bond donors (Lipinski definition) is 1. The molecule has 0 radical (unpaired) electrons. The summed E-state index contributed by atoms with van der Waals surface area (Å²) in [5.74, 6) is -0.0734. The fourth-order valence-electron chi connectivity index (χ4n) is 1.73. The molecule has 0 aliphatic heterocycles. The van der Waals surface area contributed by atoms with E-state index in [1.807, 2.05) is 48.5 Å². The molecule has 1 atom stereocenters. The van der Waals surface area contributed by atoms with E-state index < -0.39 is 0 Å². The fourth-order valence-corrected chi connectivity index (χ4v) is 3.11. The van der Waals surface area contributed by atoms with Crippen molar-refractivity contribution < 1.29 is 4.79 Å². The number of nitrogens with one attached hydrogen (secondary N) is 1. The van der Waals surface area contributed by atoms with Crippen molar-refractivity contribution in [3.63, 3.8) is 0 Å². The predicted octanol–water partition coefficient (Wildman–Crippen LogP) is 4.92. The Kier molecular flexibility index (Phi) is 6.04. The van der Waals surface area contributed by atoms with Gasteiger partial charge >= 0.3 is 0 Å². The fraction of sp³-hybridized carbons (Fsp3) is 0.133. The van der Waals surface area contributed by atoms with Gasteiger partial charge in [-0.15, -0.1) is 0 Å². The van der Waals surface area contributed by atoms with E-state index in [9.17, 15) is 4.79 Å². The zero-order valence-electron chi connectivity index (χ0n) is 10.4. The van der Waals surface area contributed by atoms with Gasteiger partial charge in [-0.2, -0.15) is 0 Å². The summed E-state index contributed by atoms with van der Waals surface area (Å²) in [4.78, 5) is 12.3. The molecule has 2 aromatic carbocycles. The van der Waals surface area contributed by atoms with Gasteiger partial charge in [0.25, 0.3) is 5.91 Å². The first-order chi connectivity index (χ1) is 9.58. The molecule has 5 heteroatoms. The molecule has 20 heavy (non-hydrogen) atoms. The van der Waals surface area contributed by atoms with Gasteiger partial charge in [-0.1, -0.05) is 46.3 Å². The van der Waals surface area contributed by atoms with E-state index in [1.54, 1.807) is 0 Å². The molecule has 2 rings (SSSR count). The van der Waals surface area contributed by atoms with Crippen LogP contribution in [0.3, 0.4) is 0 Å². The highest BCUT2D eigenvalue weighted by molar-refractivity contribution is 14.1. The minimum absolute atomic E-state index is 0.0734. The summed E-state index contributed by atoms with van der Waals surface area (Å²) >= 11 is 9.20. The summed E-state index contributed by atoms with van der Waals surface area (Å²) in [5.41, 5.74) is 1.80. The van der Waals surface area contributed by atoms with Crippen molar-refractivity contribution in [3.05, 3.63) is 67.7 Å². The smallest absolute Gasteiger partial charge is 0.252 e. The van der Waals surface area contributed by atoms with Crippen LogP contribution in [0.15, 0.2) is 53.0 Å². The summed E-state index contributed by atoms with van der Waals surface area (Å²) in [5, 5.41) is 2.95. The minimum Gasteiger partial charge on any atom is -0.351 e. The van der Waals surface area contributed by atoms with E-state index in [4.69, 9.17) is 0 Å². The monoisotopic (exact) mass is 507 g/mol. The predicted molar refractivity (Wildman–Crippen MR) is 97.3 cm³/mol. The van der Waals surface area contributed by atoms with Gasteiger partial charge in [0.15, 0.2) is 0 Å². The molecule has 0 saturated heterocycles. The van der Waals surface area contributed by atoms with Crippen molar-refractivity contribution in [3.8, 4) is 0 Å². The Balaban J connectivity index is 2.00. The van der Waals surface area contributed by atoms with Crippen LogP contribution in [-0.2, 0) is 0 Å². The Labute approximate surface area is 148 Å². The molecule has 2 aromatic rings. The first-order valence-electron chi connectivity index (χ1n) is 6.00. The summed E-state index contributed by atoms with van der Waals surface area (Å²) in [6, 6.07) is 15.7. The van der Waals surface area contributed by atoms with Crippen LogP contribution in [-0.4, -0.2) is 12.5 Å². The van der Waals surface area contributed by atoms with Gasteiger partial charge in [0.05, 0.1) is 10.4 Å². The Morgan fingerprint density at radius 1 is 1.20 bits per heavy atom. The molecule has 0 fully saturated rings. The van der Waals surface area contributed by atoms with E-state index in [-0.39, 0.29) is 10.7 Å². The van der Waals surface area contributed by atoms with E-state index in [1.165, 1.54) is 0 Å². The molecule has 0 aromatic heterocycles. The highest BCUT2D eigenvalue weighted by Gasteiger charge is 2.13. The number of benzene rings is 2. The van der Waals surface area contributed by atoms with Gasteiger partial charge < -0.3 is 5.32 Å². The standard InChI is InChI=1S/C15H12Br2INO/c16-13-7-6-11(18)8-12(13)15(20)19-9-14(17)10-4-2-1-3-5-10/h1-8,14H,9H2,(H,19,20). The van der Waals surface area contributed by atoms with E-state index >= 15 is 0 Å². The first-order valence-corrected chi connectivity index (χ1v) is 8.79. The van der Waals surface area contributed by atoms with Gasteiger partial charge in [-0.05, 0) is 62.3 Å². The largest absolute Gasteiger partial charge is 0.351 e. The van der Waals surface area contributed by atoms with Crippen molar-refractivity contribution in [2.75, 3.05) is 6.54 Å². The highest BCUT2D eigenvalue weighted by Crippen LogP contribution is 2.22. The molecule has 0 saturated carbocycles. The third kappa shape index (κ3) is 4.30. The van der Waals surface area contributed by atoms with Crippen molar-refractivity contribution in [1.82, 2.24) is 5.32 Å². The lowest BCUT2D eigenvalue weighted by atomic mass is 10.1. The maximum Gasteiger partial charge on any atom is 0.252 e. The molecule has 1 N–H and O–H groups in total. The third-order valence-electron chi connectivity index (χ3n) is 2.78. The van der Waals surface area contributed by atoms with Gasteiger partial charge in [0, 0.05) is 14.6 Å². The number of hydrogen-bond acceptors (Lipinski definition) is 1. The van der Waals surface area contributed by atoms with Crippen molar-refractivity contribution in [1.29, 1.82) is 0 Å². The van der Waals surface area contributed by atoms with Crippen LogP contribution in [0.5, 0.6) is 0 Å². The second-order valence-corrected chi connectivity index (χ2v) is 7.42. The maximum atomic E-state index is 12.2. The lowest BCUT2D eigenvalue weighted by Gasteiger charge is -2.12. The quantitative estimate of drug-likeness (QED) is 0.461. The van der Waals surface area contributed by atoms with Crippen molar-refractivity contribution in [2.24, 2.45) is 0 Å². The Hall–Kier alpha value is -0.400. The molecule has 0 aliphatic rings. The Morgan fingerprint density at radius 2 is 1.90 bits per heavy atom. The number of rotatable bonds is 4. The van der Waals surface area contributed by atoms with Gasteiger partial charge in [-0.25, -0.2) is 0 Å². The van der Waals surface area contributed by atoms with Crippen molar-refractivity contribution in [2.45, 2.75) is 4.83 Å². The molecule has 1 amide bonds. The minimum atomic E-state index is -0.0734. The van der Waals surface area contributed by atoms with Crippen LogP contribution < -0.4 is 5.32 Å². The lowest BCUT2D eigenvalue weighted by molar-refractivity contribution is 0.0953. The summed E-state index contributed by atoms with van der Waals surface area (Å²) in [6.07, 6.45) is 0. The lowest BCUT2D eigenvalue weighted by Crippen LogP contribution is -2.27. The molecule has 0 bridgehead atoms. The maximum absolute atomic E-state index is 12.2. The van der Waals surface area contributed by atoms with Gasteiger partial charge in [-0.3, -0.25) is 4.79 Å². The second-order valence-electron chi connectivity index (χ2n) is 4.21. The van der Waals surface area contributed by atoms with Crippen LogP contribution >= 0.6 is 54.5 Å². The number of carbonyl (C=O) groups excluding carboxylic acids is 1. The average molecular weight is 509 g/mol. The molecular weight excluding hydrogens is 497 g/mol. The molecule has 104 valence electrons. The van der Waals surface area contributed by atoms with E-state index in [0.717, 1.165) is 13.6 Å². The van der Waals surface area contributed by atoms with Crippen LogP contribution in [0.2, 0.25) is 0 Å². The highest BCUT2D eigenvalue weighted by atomic mass is 127. The molecule has 1 unspecified atom stereocenters. The third-order valence-corrected chi connectivity index (χ3v) is 4.99. The molecule has 0 aliphatic carbocycles. The van der Waals surface area contributed by atoms with Gasteiger partial charge in [0.1, 0.15) is 0 Å². The normalized spacial score (nSPS) is 11.9. The van der Waals surface area contributed by atoms with E-state index in [0.29, 0.717) is 12.1 Å². The van der Waals surface area contributed by atoms with Crippen LogP contribution in [0, 0.1) is 3.57 Å². The molecule has 2 nitrogen and oxygen atoms in total. The van der Waals surface area contributed by atoms with Crippen LogP contribution in [0.1, 0.15) is 20.7 Å².